The molecule has 28 heavy (non-hydrogen) atoms. The van der Waals surface area contributed by atoms with Crippen LogP contribution in [0.5, 0.6) is 0 Å². The molecule has 4 rings (SSSR count). The van der Waals surface area contributed by atoms with Crippen LogP contribution in [-0.2, 0) is 9.47 Å². The third-order valence-corrected chi connectivity index (χ3v) is 4.29. The number of hydrazone groups is 2. The van der Waals surface area contributed by atoms with Gasteiger partial charge in [-0.05, 0) is 11.1 Å². The summed E-state index contributed by atoms with van der Waals surface area (Å²) in [4.78, 5) is 13.1. The summed E-state index contributed by atoms with van der Waals surface area (Å²) in [6.45, 7) is 2.07. The lowest BCUT2D eigenvalue weighted by Gasteiger charge is -2.23. The van der Waals surface area contributed by atoms with Crippen LogP contribution in [0.1, 0.15) is 11.1 Å². The van der Waals surface area contributed by atoms with Crippen molar-refractivity contribution in [3.63, 3.8) is 0 Å². The summed E-state index contributed by atoms with van der Waals surface area (Å²) in [5.74, 6) is 0. The average Bonchev–Trinajstić information content (AvgIpc) is 3.66. The highest BCUT2D eigenvalue weighted by atomic mass is 16.6. The van der Waals surface area contributed by atoms with Gasteiger partial charge in [-0.2, -0.15) is 10.2 Å². The molecule has 144 valence electrons. The van der Waals surface area contributed by atoms with Crippen LogP contribution >= 0.6 is 0 Å². The van der Waals surface area contributed by atoms with Gasteiger partial charge in [0.2, 0.25) is 0 Å². The minimum atomic E-state index is -0.301. The number of ether oxygens (including phenoxy) is 2. The normalized spacial score (nSPS) is 20.4. The maximum absolute atomic E-state index is 13.1. The first-order valence-electron chi connectivity index (χ1n) is 9.28. The third-order valence-electron chi connectivity index (χ3n) is 4.29. The van der Waals surface area contributed by atoms with Gasteiger partial charge in [0.25, 0.3) is 0 Å². The van der Waals surface area contributed by atoms with Gasteiger partial charge in [0.1, 0.15) is 12.2 Å². The molecular weight excluding hydrogens is 356 g/mol. The van der Waals surface area contributed by atoms with Crippen molar-refractivity contribution in [1.29, 1.82) is 0 Å². The predicted molar refractivity (Wildman–Crippen MR) is 106 cm³/mol. The molecule has 2 unspecified atom stereocenters. The molecule has 2 aliphatic heterocycles. The highest BCUT2D eigenvalue weighted by molar-refractivity contribution is 5.83. The fraction of sp³-hybridized carbons (Fsp3) is 0.286. The van der Waals surface area contributed by atoms with E-state index in [1.807, 2.05) is 60.7 Å². The second-order valence-corrected chi connectivity index (χ2v) is 6.67. The number of carbonyl (C=O) groups excluding carboxylic acids is 1. The molecule has 0 bridgehead atoms. The Hall–Kier alpha value is -3.03. The molecule has 0 aliphatic carbocycles. The molecule has 2 saturated heterocycles. The van der Waals surface area contributed by atoms with E-state index in [-0.39, 0.29) is 18.2 Å². The third kappa shape index (κ3) is 5.48. The van der Waals surface area contributed by atoms with E-state index < -0.39 is 0 Å². The second-order valence-electron chi connectivity index (χ2n) is 6.67. The van der Waals surface area contributed by atoms with Crippen LogP contribution in [-0.4, -0.2) is 67.0 Å². The Morgan fingerprint density at radius 2 is 1.21 bits per heavy atom. The Bertz CT molecular complexity index is 764. The summed E-state index contributed by atoms with van der Waals surface area (Å²) in [7, 11) is 0. The maximum Gasteiger partial charge on any atom is 0.360 e. The van der Waals surface area contributed by atoms with Crippen LogP contribution < -0.4 is 0 Å². The van der Waals surface area contributed by atoms with Gasteiger partial charge in [0, 0.05) is 0 Å². The van der Waals surface area contributed by atoms with Crippen LogP contribution in [0, 0.1) is 0 Å². The maximum atomic E-state index is 13.1. The summed E-state index contributed by atoms with van der Waals surface area (Å²) < 4.78 is 10.6. The molecule has 2 amide bonds. The highest BCUT2D eigenvalue weighted by Crippen LogP contribution is 2.16. The Morgan fingerprint density at radius 1 is 0.821 bits per heavy atom. The minimum absolute atomic E-state index is 0.0222. The number of hydrogen-bond donors (Lipinski definition) is 0. The molecule has 0 saturated carbocycles. The van der Waals surface area contributed by atoms with Crippen LogP contribution in [0.4, 0.5) is 4.79 Å². The standard InChI is InChI=1S/C21H22N4O3/c26-21(24(13-19-15-27-19)22-11-17-7-3-1-4-8-17)25(14-20-16-28-20)23-12-18-9-5-2-6-10-18/h1-12,19-20H,13-16H2/b22-11+,23-12+. The summed E-state index contributed by atoms with van der Waals surface area (Å²) in [6, 6.07) is 19.0. The summed E-state index contributed by atoms with van der Waals surface area (Å²) in [5, 5.41) is 11.6. The van der Waals surface area contributed by atoms with Crippen LogP contribution in [0.2, 0.25) is 0 Å². The number of carbonyl (C=O) groups is 1. The predicted octanol–water partition coefficient (Wildman–Crippen LogP) is 2.58. The van der Waals surface area contributed by atoms with Crippen LogP contribution in [0.15, 0.2) is 70.9 Å². The van der Waals surface area contributed by atoms with Crippen molar-refractivity contribution < 1.29 is 14.3 Å². The van der Waals surface area contributed by atoms with Gasteiger partial charge < -0.3 is 9.47 Å². The number of benzene rings is 2. The molecule has 0 N–H and O–H groups in total. The zero-order valence-electron chi connectivity index (χ0n) is 15.4. The smallest absolute Gasteiger partial charge is 0.360 e. The molecule has 0 aromatic heterocycles. The van der Waals surface area contributed by atoms with E-state index in [9.17, 15) is 4.79 Å². The van der Waals surface area contributed by atoms with E-state index in [0.717, 1.165) is 11.1 Å². The van der Waals surface area contributed by atoms with E-state index in [1.165, 1.54) is 10.0 Å². The van der Waals surface area contributed by atoms with Crippen molar-refractivity contribution in [1.82, 2.24) is 10.0 Å². The minimum Gasteiger partial charge on any atom is -0.371 e. The van der Waals surface area contributed by atoms with E-state index in [2.05, 4.69) is 10.2 Å². The Morgan fingerprint density at radius 3 is 1.57 bits per heavy atom. The van der Waals surface area contributed by atoms with E-state index >= 15 is 0 Å². The average molecular weight is 378 g/mol. The van der Waals surface area contributed by atoms with Crippen molar-refractivity contribution in [2.24, 2.45) is 10.2 Å². The van der Waals surface area contributed by atoms with Crippen molar-refractivity contribution in [3.8, 4) is 0 Å². The van der Waals surface area contributed by atoms with Crippen molar-refractivity contribution in [2.45, 2.75) is 12.2 Å². The van der Waals surface area contributed by atoms with E-state index in [0.29, 0.717) is 26.3 Å². The van der Waals surface area contributed by atoms with Gasteiger partial charge in [-0.25, -0.2) is 14.8 Å². The molecular formula is C21H22N4O3. The number of epoxide rings is 2. The van der Waals surface area contributed by atoms with Crippen molar-refractivity contribution in [2.75, 3.05) is 26.3 Å². The fourth-order valence-electron chi connectivity index (χ4n) is 2.57. The summed E-state index contributed by atoms with van der Waals surface area (Å²) >= 11 is 0. The highest BCUT2D eigenvalue weighted by Gasteiger charge is 2.33. The molecule has 2 fully saturated rings. The second kappa shape index (κ2) is 8.77. The van der Waals surface area contributed by atoms with E-state index in [1.54, 1.807) is 12.4 Å². The number of amides is 2. The zero-order valence-corrected chi connectivity index (χ0v) is 15.4. The van der Waals surface area contributed by atoms with Gasteiger partial charge in [0.15, 0.2) is 0 Å². The number of hydrogen-bond acceptors (Lipinski definition) is 5. The van der Waals surface area contributed by atoms with Crippen molar-refractivity contribution in [3.05, 3.63) is 71.8 Å². The van der Waals surface area contributed by atoms with Crippen LogP contribution in [0.3, 0.4) is 0 Å². The molecule has 2 heterocycles. The van der Waals surface area contributed by atoms with Gasteiger partial charge in [0.05, 0.1) is 38.7 Å². The summed E-state index contributed by atoms with van der Waals surface area (Å²) in [6.07, 6.45) is 3.39. The molecule has 7 heteroatoms. The topological polar surface area (TPSA) is 73.3 Å². The molecule has 2 aromatic carbocycles. The molecule has 2 atom stereocenters. The Labute approximate surface area is 163 Å². The van der Waals surface area contributed by atoms with Gasteiger partial charge >= 0.3 is 6.03 Å². The Balaban J connectivity index is 1.50. The lowest BCUT2D eigenvalue weighted by molar-refractivity contribution is 0.148. The first kappa shape index (κ1) is 18.3. The molecule has 0 spiro atoms. The largest absolute Gasteiger partial charge is 0.371 e. The first-order chi connectivity index (χ1) is 13.8. The monoisotopic (exact) mass is 378 g/mol. The van der Waals surface area contributed by atoms with Gasteiger partial charge in [-0.1, -0.05) is 60.7 Å². The molecule has 2 aromatic rings. The first-order valence-corrected chi connectivity index (χ1v) is 9.28. The van der Waals surface area contributed by atoms with Gasteiger partial charge in [-0.3, -0.25) is 0 Å². The SMILES string of the molecule is O=C(N(CC1CO1)/N=C/c1ccccc1)N(CC1CO1)/N=C/c1ccccc1. The quantitative estimate of drug-likeness (QED) is 0.403. The Kier molecular flexibility index (Phi) is 5.75. The summed E-state index contributed by atoms with van der Waals surface area (Å²) in [5.41, 5.74) is 1.84. The number of rotatable bonds is 8. The molecule has 0 radical (unpaired) electrons. The van der Waals surface area contributed by atoms with Crippen molar-refractivity contribution >= 4 is 18.5 Å². The zero-order chi connectivity index (χ0) is 19.2. The van der Waals surface area contributed by atoms with E-state index in [4.69, 9.17) is 9.47 Å². The molecule has 7 nitrogen and oxygen atoms in total. The lowest BCUT2D eigenvalue weighted by Crippen LogP contribution is -2.41. The number of nitrogens with zero attached hydrogens (tertiary/aromatic N) is 4. The van der Waals surface area contributed by atoms with Gasteiger partial charge in [-0.15, -0.1) is 0 Å². The fourth-order valence-corrected chi connectivity index (χ4v) is 2.57. The lowest BCUT2D eigenvalue weighted by atomic mass is 10.2. The number of urea groups is 1. The molecule has 2 aliphatic rings. The van der Waals surface area contributed by atoms with Crippen LogP contribution in [0.25, 0.3) is 0 Å².